The maximum Gasteiger partial charge on any atom is 0.0494 e. The summed E-state index contributed by atoms with van der Waals surface area (Å²) >= 11 is 0. The van der Waals surface area contributed by atoms with E-state index < -0.39 is 0 Å². The van der Waals surface area contributed by atoms with Gasteiger partial charge in [0.25, 0.3) is 0 Å². The predicted octanol–water partition coefficient (Wildman–Crippen LogP) is 2.19. The van der Waals surface area contributed by atoms with Gasteiger partial charge in [0, 0.05) is 18.8 Å². The Bertz CT molecular complexity index is 185. The molecular weight excluding hydrogens is 174 g/mol. The van der Waals surface area contributed by atoms with Crippen LogP contribution >= 0.6 is 0 Å². The van der Waals surface area contributed by atoms with Crippen molar-refractivity contribution in [3.8, 4) is 0 Å². The molecule has 2 rings (SSSR count). The molecule has 0 aliphatic carbocycles. The molecule has 0 aromatic heterocycles. The van der Waals surface area contributed by atoms with Crippen molar-refractivity contribution in [1.29, 1.82) is 0 Å². The van der Waals surface area contributed by atoms with Gasteiger partial charge in [0.1, 0.15) is 0 Å². The average molecular weight is 197 g/mol. The zero-order valence-corrected chi connectivity index (χ0v) is 9.51. The molecule has 0 spiro atoms. The Hall–Kier alpha value is -0.0800. The first-order valence-electron chi connectivity index (χ1n) is 5.98. The van der Waals surface area contributed by atoms with Crippen LogP contribution in [0.1, 0.15) is 39.5 Å². The SMILES string of the molecule is CC1(C)CC(CC2CCCOC2)CN1. The molecule has 2 fully saturated rings. The molecule has 0 aromatic carbocycles. The minimum atomic E-state index is 0.375. The maximum absolute atomic E-state index is 5.52. The van der Waals surface area contributed by atoms with E-state index in [9.17, 15) is 0 Å². The molecule has 82 valence electrons. The maximum atomic E-state index is 5.52. The molecular formula is C12H23NO. The Labute approximate surface area is 87.4 Å². The molecule has 2 aliphatic rings. The van der Waals surface area contributed by atoms with Gasteiger partial charge >= 0.3 is 0 Å². The van der Waals surface area contributed by atoms with Crippen molar-refractivity contribution < 1.29 is 4.74 Å². The van der Waals surface area contributed by atoms with E-state index in [-0.39, 0.29) is 0 Å². The highest BCUT2D eigenvalue weighted by Gasteiger charge is 2.31. The summed E-state index contributed by atoms with van der Waals surface area (Å²) in [5, 5.41) is 3.59. The lowest BCUT2D eigenvalue weighted by Crippen LogP contribution is -2.31. The zero-order chi connectivity index (χ0) is 10.0. The van der Waals surface area contributed by atoms with Crippen LogP contribution in [0.3, 0.4) is 0 Å². The van der Waals surface area contributed by atoms with Gasteiger partial charge in [-0.1, -0.05) is 0 Å². The van der Waals surface area contributed by atoms with Gasteiger partial charge in [-0.25, -0.2) is 0 Å². The minimum absolute atomic E-state index is 0.375. The van der Waals surface area contributed by atoms with E-state index >= 15 is 0 Å². The molecule has 14 heavy (non-hydrogen) atoms. The van der Waals surface area contributed by atoms with Gasteiger partial charge in [0.2, 0.25) is 0 Å². The van der Waals surface area contributed by atoms with Crippen LogP contribution in [-0.2, 0) is 4.74 Å². The molecule has 2 aliphatic heterocycles. The lowest BCUT2D eigenvalue weighted by Gasteiger charge is -2.24. The quantitative estimate of drug-likeness (QED) is 0.732. The van der Waals surface area contributed by atoms with Crippen LogP contribution < -0.4 is 5.32 Å². The molecule has 0 radical (unpaired) electrons. The van der Waals surface area contributed by atoms with Crippen molar-refractivity contribution in [2.24, 2.45) is 11.8 Å². The highest BCUT2D eigenvalue weighted by Crippen LogP contribution is 2.30. The first-order chi connectivity index (χ1) is 6.66. The standard InChI is InChI=1S/C12H23NO/c1-12(2)7-11(8-13-12)6-10-4-3-5-14-9-10/h10-11,13H,3-9H2,1-2H3. The third-order valence-corrected chi connectivity index (χ3v) is 3.59. The molecule has 2 nitrogen and oxygen atoms in total. The summed E-state index contributed by atoms with van der Waals surface area (Å²) in [4.78, 5) is 0. The van der Waals surface area contributed by atoms with Gasteiger partial charge in [-0.3, -0.25) is 0 Å². The third kappa shape index (κ3) is 2.71. The fourth-order valence-corrected chi connectivity index (χ4v) is 2.92. The minimum Gasteiger partial charge on any atom is -0.381 e. The molecule has 2 heteroatoms. The van der Waals surface area contributed by atoms with Crippen LogP contribution in [0.2, 0.25) is 0 Å². The molecule has 2 atom stereocenters. The van der Waals surface area contributed by atoms with Crippen molar-refractivity contribution in [2.75, 3.05) is 19.8 Å². The second kappa shape index (κ2) is 4.19. The van der Waals surface area contributed by atoms with Crippen molar-refractivity contribution in [2.45, 2.75) is 45.1 Å². The van der Waals surface area contributed by atoms with Gasteiger partial charge in [-0.15, -0.1) is 0 Å². The fraction of sp³-hybridized carbons (Fsp3) is 1.00. The number of hydrogen-bond donors (Lipinski definition) is 1. The first-order valence-corrected chi connectivity index (χ1v) is 5.98. The van der Waals surface area contributed by atoms with Crippen molar-refractivity contribution >= 4 is 0 Å². The summed E-state index contributed by atoms with van der Waals surface area (Å²) in [5.41, 5.74) is 0.375. The highest BCUT2D eigenvalue weighted by atomic mass is 16.5. The molecule has 0 amide bonds. The highest BCUT2D eigenvalue weighted by molar-refractivity contribution is 4.90. The number of nitrogens with one attached hydrogen (secondary N) is 1. The summed E-state index contributed by atoms with van der Waals surface area (Å²) < 4.78 is 5.52. The van der Waals surface area contributed by atoms with Crippen LogP contribution in [0.4, 0.5) is 0 Å². The summed E-state index contributed by atoms with van der Waals surface area (Å²) in [6.45, 7) is 7.83. The van der Waals surface area contributed by atoms with E-state index in [1.807, 2.05) is 0 Å². The Balaban J connectivity index is 1.75. The van der Waals surface area contributed by atoms with Crippen LogP contribution in [0.25, 0.3) is 0 Å². The fourth-order valence-electron chi connectivity index (χ4n) is 2.92. The Morgan fingerprint density at radius 1 is 1.36 bits per heavy atom. The summed E-state index contributed by atoms with van der Waals surface area (Å²) in [5.74, 6) is 1.72. The lowest BCUT2D eigenvalue weighted by molar-refractivity contribution is 0.0458. The molecule has 2 unspecified atom stereocenters. The third-order valence-electron chi connectivity index (χ3n) is 3.59. The van der Waals surface area contributed by atoms with Gasteiger partial charge in [-0.05, 0) is 57.9 Å². The number of rotatable bonds is 2. The molecule has 0 aromatic rings. The summed E-state index contributed by atoms with van der Waals surface area (Å²) in [6.07, 6.45) is 5.37. The zero-order valence-electron chi connectivity index (χ0n) is 9.51. The molecule has 2 saturated heterocycles. The van der Waals surface area contributed by atoms with E-state index in [1.165, 1.54) is 32.2 Å². The summed E-state index contributed by atoms with van der Waals surface area (Å²) in [7, 11) is 0. The summed E-state index contributed by atoms with van der Waals surface area (Å²) in [6, 6.07) is 0. The Morgan fingerprint density at radius 2 is 2.21 bits per heavy atom. The van der Waals surface area contributed by atoms with E-state index in [2.05, 4.69) is 19.2 Å². The van der Waals surface area contributed by atoms with Gasteiger partial charge in [-0.2, -0.15) is 0 Å². The van der Waals surface area contributed by atoms with Gasteiger partial charge < -0.3 is 10.1 Å². The Kier molecular flexibility index (Phi) is 3.13. The lowest BCUT2D eigenvalue weighted by atomic mass is 9.87. The average Bonchev–Trinajstić information content (AvgIpc) is 2.47. The van der Waals surface area contributed by atoms with Crippen molar-refractivity contribution in [1.82, 2.24) is 5.32 Å². The van der Waals surface area contributed by atoms with Gasteiger partial charge in [0.05, 0.1) is 0 Å². The van der Waals surface area contributed by atoms with E-state index in [0.29, 0.717) is 5.54 Å². The normalized spacial score (nSPS) is 37.3. The van der Waals surface area contributed by atoms with Crippen LogP contribution in [0, 0.1) is 11.8 Å². The second-order valence-electron chi connectivity index (χ2n) is 5.65. The van der Waals surface area contributed by atoms with E-state index in [1.54, 1.807) is 0 Å². The molecule has 1 N–H and O–H groups in total. The molecule has 0 saturated carbocycles. The van der Waals surface area contributed by atoms with Crippen LogP contribution in [-0.4, -0.2) is 25.3 Å². The smallest absolute Gasteiger partial charge is 0.0494 e. The Morgan fingerprint density at radius 3 is 2.79 bits per heavy atom. The largest absolute Gasteiger partial charge is 0.381 e. The first kappa shape index (κ1) is 10.4. The topological polar surface area (TPSA) is 21.3 Å². The van der Waals surface area contributed by atoms with E-state index in [4.69, 9.17) is 4.74 Å². The van der Waals surface area contributed by atoms with Crippen LogP contribution in [0.15, 0.2) is 0 Å². The van der Waals surface area contributed by atoms with Gasteiger partial charge in [0.15, 0.2) is 0 Å². The van der Waals surface area contributed by atoms with Crippen molar-refractivity contribution in [3.05, 3.63) is 0 Å². The second-order valence-corrected chi connectivity index (χ2v) is 5.65. The van der Waals surface area contributed by atoms with E-state index in [0.717, 1.165) is 25.0 Å². The number of hydrogen-bond acceptors (Lipinski definition) is 2. The monoisotopic (exact) mass is 197 g/mol. The van der Waals surface area contributed by atoms with Crippen molar-refractivity contribution in [3.63, 3.8) is 0 Å². The predicted molar refractivity (Wildman–Crippen MR) is 58.3 cm³/mol. The molecule has 2 heterocycles. The number of ether oxygens (including phenoxy) is 1. The molecule has 0 bridgehead atoms. The van der Waals surface area contributed by atoms with Crippen LogP contribution in [0.5, 0.6) is 0 Å².